The third-order valence-electron chi connectivity index (χ3n) is 1.88. The van der Waals surface area contributed by atoms with Crippen molar-refractivity contribution in [3.63, 3.8) is 0 Å². The van der Waals surface area contributed by atoms with Crippen LogP contribution in [0.15, 0.2) is 5.38 Å². The molecule has 0 aliphatic carbocycles. The van der Waals surface area contributed by atoms with Crippen LogP contribution < -0.4 is 11.1 Å². The Morgan fingerprint density at radius 3 is 2.67 bits per heavy atom. The van der Waals surface area contributed by atoms with Crippen molar-refractivity contribution >= 4 is 34.6 Å². The summed E-state index contributed by atoms with van der Waals surface area (Å²) in [7, 11) is 0. The lowest BCUT2D eigenvalue weighted by Gasteiger charge is -2.21. The molecular weight excluding hydrogens is 270 g/mol. The number of nitrogens with one attached hydrogen (secondary N) is 1. The summed E-state index contributed by atoms with van der Waals surface area (Å²) in [5.41, 5.74) is 5.53. The van der Waals surface area contributed by atoms with Gasteiger partial charge in [-0.3, -0.25) is 0 Å². The number of nitrogens with zero attached hydrogens (tertiary/aromatic N) is 1. The first kappa shape index (κ1) is 14.8. The van der Waals surface area contributed by atoms with Crippen molar-refractivity contribution in [2.75, 3.05) is 0 Å². The number of hydrogen-bond donors (Lipinski definition) is 2. The number of nitrogens with two attached hydrogens (primary N) is 1. The molecule has 0 bridgehead atoms. The normalized spacial score (nSPS) is 12.9. The van der Waals surface area contributed by atoms with E-state index < -0.39 is 11.7 Å². The summed E-state index contributed by atoms with van der Waals surface area (Å²) in [5, 5.41) is 5.22. The molecule has 5 nitrogen and oxygen atoms in total. The number of aromatic nitrogens is 1. The van der Waals surface area contributed by atoms with E-state index in [0.29, 0.717) is 5.69 Å². The monoisotopic (exact) mass is 287 g/mol. The van der Waals surface area contributed by atoms with Gasteiger partial charge in [-0.1, -0.05) is 12.2 Å². The number of hydrogen-bond acceptors (Lipinski definition) is 5. The molecule has 0 spiro atoms. The van der Waals surface area contributed by atoms with Gasteiger partial charge in [-0.15, -0.1) is 11.3 Å². The second-order valence-electron chi connectivity index (χ2n) is 4.80. The Morgan fingerprint density at radius 2 is 2.22 bits per heavy atom. The van der Waals surface area contributed by atoms with Crippen molar-refractivity contribution in [2.24, 2.45) is 5.73 Å². The van der Waals surface area contributed by atoms with Gasteiger partial charge in [-0.2, -0.15) is 0 Å². The number of thiocarbonyl (C=S) groups is 1. The van der Waals surface area contributed by atoms with Crippen LogP contribution in [-0.2, 0) is 4.74 Å². The van der Waals surface area contributed by atoms with Crippen molar-refractivity contribution in [1.29, 1.82) is 0 Å². The molecule has 0 fully saturated rings. The Kier molecular flexibility index (Phi) is 4.64. The predicted molar refractivity (Wildman–Crippen MR) is 75.8 cm³/mol. The highest BCUT2D eigenvalue weighted by Crippen LogP contribution is 2.18. The van der Waals surface area contributed by atoms with Crippen LogP contribution in [0.3, 0.4) is 0 Å². The van der Waals surface area contributed by atoms with Gasteiger partial charge in [0.25, 0.3) is 0 Å². The zero-order chi connectivity index (χ0) is 13.9. The van der Waals surface area contributed by atoms with Crippen molar-refractivity contribution in [3.05, 3.63) is 16.1 Å². The third-order valence-corrected chi connectivity index (χ3v) is 3.11. The molecule has 1 aromatic rings. The van der Waals surface area contributed by atoms with E-state index in [0.717, 1.165) is 5.01 Å². The zero-order valence-corrected chi connectivity index (χ0v) is 12.4. The van der Waals surface area contributed by atoms with E-state index in [1.807, 2.05) is 27.7 Å². The van der Waals surface area contributed by atoms with Crippen LogP contribution in [0.4, 0.5) is 4.79 Å². The lowest BCUT2D eigenvalue weighted by atomic mass is 10.2. The highest BCUT2D eigenvalue weighted by molar-refractivity contribution is 7.80. The van der Waals surface area contributed by atoms with E-state index in [1.54, 1.807) is 5.38 Å². The van der Waals surface area contributed by atoms with Gasteiger partial charge in [0.1, 0.15) is 21.3 Å². The molecule has 7 heteroatoms. The molecule has 100 valence electrons. The Balaban J connectivity index is 2.62. The fraction of sp³-hybridized carbons (Fsp3) is 0.545. The Labute approximate surface area is 116 Å². The number of thiazole rings is 1. The second kappa shape index (κ2) is 5.62. The van der Waals surface area contributed by atoms with Gasteiger partial charge < -0.3 is 15.8 Å². The molecule has 1 heterocycles. The van der Waals surface area contributed by atoms with Crippen LogP contribution in [-0.4, -0.2) is 21.7 Å². The number of carbonyl (C=O) groups is 1. The molecule has 18 heavy (non-hydrogen) atoms. The minimum Gasteiger partial charge on any atom is -0.444 e. The summed E-state index contributed by atoms with van der Waals surface area (Å²) in [5.74, 6) is 0. The average molecular weight is 287 g/mol. The summed E-state index contributed by atoms with van der Waals surface area (Å²) in [6.45, 7) is 7.26. The van der Waals surface area contributed by atoms with Crippen LogP contribution in [0.5, 0.6) is 0 Å². The molecule has 3 N–H and O–H groups in total. The van der Waals surface area contributed by atoms with Gasteiger partial charge in [0.05, 0.1) is 6.04 Å². The molecule has 1 rings (SSSR count). The van der Waals surface area contributed by atoms with E-state index in [1.165, 1.54) is 11.3 Å². The standard InChI is InChI=1S/C11H17N3O2S2/c1-6(13-10(15)16-11(2,3)4)9-14-7(5-18-9)8(12)17/h5-6H,1-4H3,(H2,12,17)(H,13,15). The molecule has 0 saturated carbocycles. The maximum Gasteiger partial charge on any atom is 0.408 e. The zero-order valence-electron chi connectivity index (χ0n) is 10.8. The highest BCUT2D eigenvalue weighted by atomic mass is 32.1. The van der Waals surface area contributed by atoms with Crippen LogP contribution >= 0.6 is 23.6 Å². The summed E-state index contributed by atoms with van der Waals surface area (Å²) >= 11 is 6.23. The van der Waals surface area contributed by atoms with Gasteiger partial charge in [-0.25, -0.2) is 9.78 Å². The fourth-order valence-electron chi connectivity index (χ4n) is 1.15. The van der Waals surface area contributed by atoms with Gasteiger partial charge in [0.15, 0.2) is 0 Å². The second-order valence-corrected chi connectivity index (χ2v) is 6.13. The molecule has 1 atom stereocenters. The maximum atomic E-state index is 11.6. The molecule has 1 unspecified atom stereocenters. The fourth-order valence-corrected chi connectivity index (χ4v) is 2.15. The number of rotatable bonds is 3. The molecule has 1 aromatic heterocycles. The minimum absolute atomic E-state index is 0.243. The molecule has 0 saturated heterocycles. The van der Waals surface area contributed by atoms with Crippen molar-refractivity contribution in [1.82, 2.24) is 10.3 Å². The number of ether oxygens (including phenoxy) is 1. The predicted octanol–water partition coefficient (Wildman–Crippen LogP) is 2.36. The van der Waals surface area contributed by atoms with Crippen LogP contribution in [0.25, 0.3) is 0 Å². The van der Waals surface area contributed by atoms with E-state index in [-0.39, 0.29) is 11.0 Å². The van der Waals surface area contributed by atoms with E-state index in [2.05, 4.69) is 10.3 Å². The lowest BCUT2D eigenvalue weighted by molar-refractivity contribution is 0.0508. The smallest absolute Gasteiger partial charge is 0.408 e. The van der Waals surface area contributed by atoms with Crippen LogP contribution in [0.1, 0.15) is 44.4 Å². The lowest BCUT2D eigenvalue weighted by Crippen LogP contribution is -2.34. The van der Waals surface area contributed by atoms with Crippen molar-refractivity contribution < 1.29 is 9.53 Å². The first-order chi connectivity index (χ1) is 8.19. The Morgan fingerprint density at radius 1 is 1.61 bits per heavy atom. The average Bonchev–Trinajstić information content (AvgIpc) is 2.62. The molecule has 1 amide bonds. The third kappa shape index (κ3) is 4.58. The van der Waals surface area contributed by atoms with Crippen LogP contribution in [0, 0.1) is 0 Å². The molecule has 0 aliphatic rings. The largest absolute Gasteiger partial charge is 0.444 e. The number of amides is 1. The van der Waals surface area contributed by atoms with E-state index in [4.69, 9.17) is 22.7 Å². The van der Waals surface area contributed by atoms with Crippen molar-refractivity contribution in [2.45, 2.75) is 39.3 Å². The Hall–Kier alpha value is -1.21. The maximum absolute atomic E-state index is 11.6. The van der Waals surface area contributed by atoms with Crippen molar-refractivity contribution in [3.8, 4) is 0 Å². The van der Waals surface area contributed by atoms with Gasteiger partial charge in [0, 0.05) is 5.38 Å². The number of carbonyl (C=O) groups excluding carboxylic acids is 1. The highest BCUT2D eigenvalue weighted by Gasteiger charge is 2.19. The van der Waals surface area contributed by atoms with Gasteiger partial charge in [0.2, 0.25) is 0 Å². The van der Waals surface area contributed by atoms with Gasteiger partial charge >= 0.3 is 6.09 Å². The summed E-state index contributed by atoms with van der Waals surface area (Å²) in [6.07, 6.45) is -0.470. The van der Waals surface area contributed by atoms with E-state index >= 15 is 0 Å². The molecule has 0 radical (unpaired) electrons. The quantitative estimate of drug-likeness (QED) is 0.835. The summed E-state index contributed by atoms with van der Waals surface area (Å²) in [4.78, 5) is 16.1. The number of alkyl carbamates (subject to hydrolysis) is 1. The molecule has 0 aliphatic heterocycles. The Bertz CT molecular complexity index is 451. The SMILES string of the molecule is CC(NC(=O)OC(C)(C)C)c1nc(C(N)=S)cs1. The summed E-state index contributed by atoms with van der Waals surface area (Å²) in [6, 6.07) is -0.243. The topological polar surface area (TPSA) is 77.2 Å². The van der Waals surface area contributed by atoms with Crippen LogP contribution in [0.2, 0.25) is 0 Å². The minimum atomic E-state index is -0.517. The molecular formula is C11H17N3O2S2. The summed E-state index contributed by atoms with van der Waals surface area (Å²) < 4.78 is 5.16. The molecule has 0 aromatic carbocycles. The first-order valence-corrected chi connectivity index (χ1v) is 6.72. The first-order valence-electron chi connectivity index (χ1n) is 5.44. The van der Waals surface area contributed by atoms with E-state index in [9.17, 15) is 4.79 Å². The van der Waals surface area contributed by atoms with Gasteiger partial charge in [-0.05, 0) is 27.7 Å².